The molecule has 0 spiro atoms. The average Bonchev–Trinajstić information content (AvgIpc) is 3.10. The molecule has 13 heteroatoms. The lowest BCUT2D eigenvalue weighted by atomic mass is 10.3. The largest absolute Gasteiger partial charge is 0.309 e. The number of carbonyl (C=O) groups is 1. The van der Waals surface area contributed by atoms with Crippen molar-refractivity contribution in [3.8, 4) is 0 Å². The predicted octanol–water partition coefficient (Wildman–Crippen LogP) is 2.21. The van der Waals surface area contributed by atoms with Crippen molar-refractivity contribution in [1.82, 2.24) is 15.5 Å². The molecule has 2 heterocycles. The fraction of sp³-hybridized carbons (Fsp3) is 0.167. The Morgan fingerprint density at radius 3 is 2.56 bits per heavy atom. The molecule has 0 bridgehead atoms. The molecule has 0 saturated carbocycles. The van der Waals surface area contributed by atoms with Gasteiger partial charge in [-0.25, -0.2) is 8.42 Å². The number of hydrogen-bond donors (Lipinski definition) is 2. The number of azo groups is 1. The lowest BCUT2D eigenvalue weighted by Crippen LogP contribution is -2.22. The summed E-state index contributed by atoms with van der Waals surface area (Å²) in [5.41, 5.74) is 0.414. The van der Waals surface area contributed by atoms with Crippen LogP contribution in [-0.4, -0.2) is 34.2 Å². The molecule has 0 unspecified atom stereocenters. The molecule has 1 aromatic heterocycles. The summed E-state index contributed by atoms with van der Waals surface area (Å²) in [5.74, 6) is -0.325. The Morgan fingerprint density at radius 1 is 1.28 bits per heavy atom. The second kappa shape index (κ2) is 7.11. The van der Waals surface area contributed by atoms with Gasteiger partial charge in [0, 0.05) is 0 Å². The van der Waals surface area contributed by atoms with Crippen LogP contribution in [-0.2, 0) is 14.8 Å². The molecule has 25 heavy (non-hydrogen) atoms. The molecule has 1 fully saturated rings. The Hall–Kier alpha value is -1.96. The molecule has 9 nitrogen and oxygen atoms in total. The van der Waals surface area contributed by atoms with E-state index in [9.17, 15) is 13.2 Å². The van der Waals surface area contributed by atoms with Crippen LogP contribution in [0.5, 0.6) is 0 Å². The van der Waals surface area contributed by atoms with Gasteiger partial charge in [-0.1, -0.05) is 35.3 Å². The van der Waals surface area contributed by atoms with Crippen molar-refractivity contribution >= 4 is 66.4 Å². The summed E-state index contributed by atoms with van der Waals surface area (Å²) in [6, 6.07) is 5.74. The summed E-state index contributed by atoms with van der Waals surface area (Å²) >= 11 is 7.10. The van der Waals surface area contributed by atoms with Gasteiger partial charge in [-0.2, -0.15) is 10.2 Å². The van der Waals surface area contributed by atoms with E-state index in [1.807, 2.05) is 0 Å². The molecule has 1 aliphatic heterocycles. The Bertz CT molecular complexity index is 953. The third-order valence-electron chi connectivity index (χ3n) is 2.84. The SMILES string of the molecule is Cc1nnc(NS(=O)(=O)c2ccc(N=N[C@H]3SC(=S)NC3=O)cc2)s1. The number of benzene rings is 1. The highest BCUT2D eigenvalue weighted by molar-refractivity contribution is 8.24. The fourth-order valence-corrected chi connectivity index (χ4v) is 4.56. The van der Waals surface area contributed by atoms with E-state index in [1.54, 1.807) is 6.92 Å². The van der Waals surface area contributed by atoms with E-state index >= 15 is 0 Å². The number of rotatable bonds is 5. The summed E-state index contributed by atoms with van der Waals surface area (Å²) in [6.45, 7) is 1.73. The number of carbonyl (C=O) groups excluding carboxylic acids is 1. The topological polar surface area (TPSA) is 126 Å². The Kier molecular flexibility index (Phi) is 5.08. The third kappa shape index (κ3) is 4.36. The van der Waals surface area contributed by atoms with Gasteiger partial charge in [0.2, 0.25) is 10.5 Å². The van der Waals surface area contributed by atoms with Crippen molar-refractivity contribution < 1.29 is 13.2 Å². The van der Waals surface area contributed by atoms with E-state index < -0.39 is 15.4 Å². The smallest absolute Gasteiger partial charge is 0.263 e. The monoisotopic (exact) mass is 414 g/mol. The molecular weight excluding hydrogens is 404 g/mol. The normalized spacial score (nSPS) is 17.9. The molecule has 0 radical (unpaired) electrons. The maximum Gasteiger partial charge on any atom is 0.263 e. The molecule has 1 saturated heterocycles. The van der Waals surface area contributed by atoms with Crippen LogP contribution < -0.4 is 10.0 Å². The summed E-state index contributed by atoms with van der Waals surface area (Å²) in [7, 11) is -3.76. The Balaban J connectivity index is 1.71. The highest BCUT2D eigenvalue weighted by atomic mass is 32.2. The van der Waals surface area contributed by atoms with Gasteiger partial charge in [-0.15, -0.1) is 10.2 Å². The molecule has 1 atom stereocenters. The van der Waals surface area contributed by atoms with Crippen molar-refractivity contribution in [3.63, 3.8) is 0 Å². The van der Waals surface area contributed by atoms with Gasteiger partial charge in [0.1, 0.15) is 9.33 Å². The van der Waals surface area contributed by atoms with Crippen LogP contribution in [0.1, 0.15) is 5.01 Å². The fourth-order valence-electron chi connectivity index (χ4n) is 1.75. The summed E-state index contributed by atoms with van der Waals surface area (Å²) < 4.78 is 27.3. The predicted molar refractivity (Wildman–Crippen MR) is 98.5 cm³/mol. The Morgan fingerprint density at radius 2 is 2.00 bits per heavy atom. The number of aryl methyl sites for hydroxylation is 1. The van der Waals surface area contributed by atoms with Gasteiger partial charge in [-0.05, 0) is 31.2 Å². The number of nitrogens with zero attached hydrogens (tertiary/aromatic N) is 4. The van der Waals surface area contributed by atoms with E-state index in [0.29, 0.717) is 15.0 Å². The minimum atomic E-state index is -3.76. The number of hydrogen-bond acceptors (Lipinski definition) is 10. The summed E-state index contributed by atoms with van der Waals surface area (Å²) in [4.78, 5) is 11.5. The van der Waals surface area contributed by atoms with Crippen LogP contribution in [0.4, 0.5) is 10.8 Å². The van der Waals surface area contributed by atoms with E-state index in [1.165, 1.54) is 24.3 Å². The van der Waals surface area contributed by atoms with Crippen LogP contribution in [0, 0.1) is 6.92 Å². The molecule has 2 N–H and O–H groups in total. The van der Waals surface area contributed by atoms with Crippen LogP contribution in [0.2, 0.25) is 0 Å². The van der Waals surface area contributed by atoms with E-state index in [0.717, 1.165) is 23.1 Å². The number of amides is 1. The van der Waals surface area contributed by atoms with Crippen LogP contribution in [0.15, 0.2) is 39.4 Å². The second-order valence-electron chi connectivity index (χ2n) is 4.69. The highest BCUT2D eigenvalue weighted by Gasteiger charge is 2.28. The molecule has 1 aromatic carbocycles. The molecule has 1 aliphatic rings. The van der Waals surface area contributed by atoms with Gasteiger partial charge in [-0.3, -0.25) is 9.52 Å². The van der Waals surface area contributed by atoms with Gasteiger partial charge in [0.15, 0.2) is 0 Å². The lowest BCUT2D eigenvalue weighted by Gasteiger charge is -2.04. The zero-order valence-electron chi connectivity index (χ0n) is 12.5. The van der Waals surface area contributed by atoms with Gasteiger partial charge in [0.25, 0.3) is 15.9 Å². The van der Waals surface area contributed by atoms with Gasteiger partial charge >= 0.3 is 0 Å². The van der Waals surface area contributed by atoms with Crippen molar-refractivity contribution in [2.24, 2.45) is 10.2 Å². The molecule has 0 aliphatic carbocycles. The molecule has 1 amide bonds. The van der Waals surface area contributed by atoms with E-state index in [4.69, 9.17) is 12.2 Å². The van der Waals surface area contributed by atoms with Crippen LogP contribution in [0.3, 0.4) is 0 Å². The maximum absolute atomic E-state index is 12.3. The first-order valence-electron chi connectivity index (χ1n) is 6.69. The van der Waals surface area contributed by atoms with Crippen molar-refractivity contribution in [3.05, 3.63) is 29.3 Å². The molecule has 2 aromatic rings. The standard InChI is InChI=1S/C12H10N6O3S4/c1-6-14-17-11(23-6)18-25(20,21)8-4-2-7(3-5-8)15-16-10-9(19)13-12(22)24-10/h2-5,10H,1H3,(H,17,18)(H,13,19,22)/t10-/m0/s1. The zero-order valence-corrected chi connectivity index (χ0v) is 15.8. The molecule has 3 rings (SSSR count). The van der Waals surface area contributed by atoms with Gasteiger partial charge in [0.05, 0.1) is 10.6 Å². The number of nitrogens with one attached hydrogen (secondary N) is 2. The molecular formula is C12H10N6O3S4. The molecule has 130 valence electrons. The van der Waals surface area contributed by atoms with E-state index in [2.05, 4.69) is 30.5 Å². The summed E-state index contributed by atoms with van der Waals surface area (Å²) in [6.07, 6.45) is 0. The lowest BCUT2D eigenvalue weighted by molar-refractivity contribution is -0.118. The van der Waals surface area contributed by atoms with E-state index in [-0.39, 0.29) is 15.9 Å². The first kappa shape index (κ1) is 17.8. The van der Waals surface area contributed by atoms with Crippen LogP contribution in [0.25, 0.3) is 0 Å². The van der Waals surface area contributed by atoms with Crippen molar-refractivity contribution in [1.29, 1.82) is 0 Å². The Labute approximate surface area is 156 Å². The first-order chi connectivity index (χ1) is 11.8. The maximum atomic E-state index is 12.3. The van der Waals surface area contributed by atoms with Crippen LogP contribution >= 0.6 is 35.3 Å². The number of sulfonamides is 1. The quantitative estimate of drug-likeness (QED) is 0.567. The summed E-state index contributed by atoms with van der Waals surface area (Å²) in [5, 5.41) is 17.9. The van der Waals surface area contributed by atoms with Crippen molar-refractivity contribution in [2.75, 3.05) is 4.72 Å². The van der Waals surface area contributed by atoms with Gasteiger partial charge < -0.3 is 5.32 Å². The zero-order chi connectivity index (χ0) is 18.0. The first-order valence-corrected chi connectivity index (χ1v) is 10.3. The number of aromatic nitrogens is 2. The number of thiocarbonyl (C=S) groups is 1. The van der Waals surface area contributed by atoms with Crippen molar-refractivity contribution in [2.45, 2.75) is 17.2 Å². The minimum Gasteiger partial charge on any atom is -0.309 e. The average molecular weight is 415 g/mol. The minimum absolute atomic E-state index is 0.0495. The highest BCUT2D eigenvalue weighted by Crippen LogP contribution is 2.24. The third-order valence-corrected chi connectivity index (χ3v) is 6.32. The second-order valence-corrected chi connectivity index (χ2v) is 9.31. The number of anilines is 1. The number of thioether (sulfide) groups is 1.